The molecule has 3 nitrogen and oxygen atoms in total. The molecule has 1 aromatic rings. The molecule has 1 aliphatic heterocycles. The Hall–Kier alpha value is -0.950. The molecule has 23 heavy (non-hydrogen) atoms. The maximum Gasteiger partial charge on any atom is 0.418 e. The number of benzene rings is 1. The van der Waals surface area contributed by atoms with E-state index in [-0.39, 0.29) is 17.3 Å². The van der Waals surface area contributed by atoms with Gasteiger partial charge in [0, 0.05) is 28.2 Å². The van der Waals surface area contributed by atoms with Crippen molar-refractivity contribution in [1.29, 1.82) is 0 Å². The van der Waals surface area contributed by atoms with Crippen molar-refractivity contribution in [3.8, 4) is 0 Å². The Labute approximate surface area is 146 Å². The van der Waals surface area contributed by atoms with Crippen molar-refractivity contribution in [2.45, 2.75) is 12.6 Å². The quantitative estimate of drug-likeness (QED) is 0.816. The van der Waals surface area contributed by atoms with Crippen molar-refractivity contribution in [3.05, 3.63) is 38.8 Å². The summed E-state index contributed by atoms with van der Waals surface area (Å²) < 4.78 is 38.9. The van der Waals surface area contributed by atoms with Crippen LogP contribution < -0.4 is 5.32 Å². The van der Waals surface area contributed by atoms with Gasteiger partial charge >= 0.3 is 6.18 Å². The lowest BCUT2D eigenvalue weighted by atomic mass is 10.1. The Kier molecular flexibility index (Phi) is 5.84. The summed E-state index contributed by atoms with van der Waals surface area (Å²) in [5.41, 5.74) is -1.32. The molecule has 0 spiro atoms. The van der Waals surface area contributed by atoms with Gasteiger partial charge < -0.3 is 5.32 Å². The second kappa shape index (κ2) is 7.30. The highest BCUT2D eigenvalue weighted by molar-refractivity contribution is 6.39. The van der Waals surface area contributed by atoms with Crippen molar-refractivity contribution in [1.82, 2.24) is 4.90 Å². The highest BCUT2D eigenvalue weighted by Gasteiger charge is 2.34. The molecule has 2 rings (SSSR count). The molecule has 0 fully saturated rings. The monoisotopic (exact) mass is 386 g/mol. The van der Waals surface area contributed by atoms with Gasteiger partial charge in [-0.2, -0.15) is 13.2 Å². The summed E-state index contributed by atoms with van der Waals surface area (Å²) in [6.45, 7) is 0.718. The zero-order valence-electron chi connectivity index (χ0n) is 11.7. The van der Waals surface area contributed by atoms with Crippen LogP contribution in [0.2, 0.25) is 5.02 Å². The molecule has 0 atom stereocenters. The Morgan fingerprint density at radius 2 is 1.91 bits per heavy atom. The van der Waals surface area contributed by atoms with Gasteiger partial charge in [-0.05, 0) is 24.6 Å². The summed E-state index contributed by atoms with van der Waals surface area (Å²) in [7, 11) is 0. The molecule has 126 valence electrons. The lowest BCUT2D eigenvalue weighted by molar-refractivity contribution is -0.137. The number of carbonyl (C=O) groups excluding carboxylic acids is 1. The summed E-state index contributed by atoms with van der Waals surface area (Å²) >= 11 is 17.4. The Morgan fingerprint density at radius 3 is 2.52 bits per heavy atom. The van der Waals surface area contributed by atoms with Crippen LogP contribution in [0, 0.1) is 0 Å². The molecule has 0 unspecified atom stereocenters. The maximum atomic E-state index is 13.0. The van der Waals surface area contributed by atoms with Crippen molar-refractivity contribution < 1.29 is 18.0 Å². The molecule has 0 aromatic heterocycles. The van der Waals surface area contributed by atoms with E-state index in [1.807, 2.05) is 0 Å². The maximum absolute atomic E-state index is 13.0. The van der Waals surface area contributed by atoms with Crippen molar-refractivity contribution in [2.24, 2.45) is 0 Å². The fraction of sp³-hybridized carbons (Fsp3) is 0.357. The van der Waals surface area contributed by atoms with Crippen LogP contribution in [0.15, 0.2) is 28.3 Å². The van der Waals surface area contributed by atoms with Crippen molar-refractivity contribution >= 4 is 46.4 Å². The molecule has 1 N–H and O–H groups in total. The second-order valence-corrected chi connectivity index (χ2v) is 6.36. The van der Waals surface area contributed by atoms with Crippen LogP contribution in [0.5, 0.6) is 0 Å². The molecule has 0 bridgehead atoms. The molecule has 0 saturated heterocycles. The highest BCUT2D eigenvalue weighted by atomic mass is 35.5. The van der Waals surface area contributed by atoms with E-state index >= 15 is 0 Å². The lowest BCUT2D eigenvalue weighted by Gasteiger charge is -2.26. The SMILES string of the molecule is O=C(CN1CCC(Cl)=C(Cl)C1)Nc1ccc(Cl)cc1C(F)(F)F. The minimum atomic E-state index is -4.61. The van der Waals surface area contributed by atoms with E-state index in [1.54, 1.807) is 4.90 Å². The van der Waals surface area contributed by atoms with Crippen LogP contribution in [0.25, 0.3) is 0 Å². The number of hydrogen-bond donors (Lipinski definition) is 1. The third-order valence-electron chi connectivity index (χ3n) is 3.23. The number of amides is 1. The third-order valence-corrected chi connectivity index (χ3v) is 4.33. The van der Waals surface area contributed by atoms with E-state index < -0.39 is 17.6 Å². The first-order valence-corrected chi connectivity index (χ1v) is 7.72. The number of hydrogen-bond acceptors (Lipinski definition) is 2. The molecule has 1 heterocycles. The van der Waals surface area contributed by atoms with Crippen LogP contribution in [0.3, 0.4) is 0 Å². The first kappa shape index (κ1) is 18.4. The van der Waals surface area contributed by atoms with E-state index in [1.165, 1.54) is 6.07 Å². The summed E-state index contributed by atoms with van der Waals surface area (Å²) in [5.74, 6) is -0.569. The molecule has 1 aliphatic rings. The van der Waals surface area contributed by atoms with E-state index in [4.69, 9.17) is 34.8 Å². The van der Waals surface area contributed by atoms with Gasteiger partial charge in [-0.15, -0.1) is 0 Å². The number of halogens is 6. The van der Waals surface area contributed by atoms with Gasteiger partial charge in [0.05, 0.1) is 17.8 Å². The number of rotatable bonds is 3. The van der Waals surface area contributed by atoms with E-state index in [9.17, 15) is 18.0 Å². The van der Waals surface area contributed by atoms with Gasteiger partial charge in [-0.3, -0.25) is 9.69 Å². The Balaban J connectivity index is 2.07. The van der Waals surface area contributed by atoms with E-state index in [0.29, 0.717) is 29.6 Å². The molecule has 0 aliphatic carbocycles. The van der Waals surface area contributed by atoms with Gasteiger partial charge in [-0.25, -0.2) is 0 Å². The van der Waals surface area contributed by atoms with E-state index in [0.717, 1.165) is 12.1 Å². The van der Waals surface area contributed by atoms with Crippen LogP contribution >= 0.6 is 34.8 Å². The number of nitrogens with one attached hydrogen (secondary N) is 1. The molecular weight excluding hydrogens is 376 g/mol. The molecule has 0 saturated carbocycles. The highest BCUT2D eigenvalue weighted by Crippen LogP contribution is 2.36. The van der Waals surface area contributed by atoms with Gasteiger partial charge in [0.25, 0.3) is 0 Å². The normalized spacial score (nSPS) is 16.6. The minimum absolute atomic E-state index is 0.0575. The number of anilines is 1. The summed E-state index contributed by atoms with van der Waals surface area (Å²) in [6, 6.07) is 3.19. The predicted molar refractivity (Wildman–Crippen MR) is 84.9 cm³/mol. The largest absolute Gasteiger partial charge is 0.418 e. The lowest BCUT2D eigenvalue weighted by Crippen LogP contribution is -2.37. The summed E-state index contributed by atoms with van der Waals surface area (Å²) in [4.78, 5) is 13.7. The molecule has 1 amide bonds. The number of carbonyl (C=O) groups is 1. The van der Waals surface area contributed by atoms with Crippen LogP contribution in [0.4, 0.5) is 18.9 Å². The van der Waals surface area contributed by atoms with Gasteiger partial charge in [0.2, 0.25) is 5.91 Å². The first-order chi connectivity index (χ1) is 10.7. The van der Waals surface area contributed by atoms with Gasteiger partial charge in [-0.1, -0.05) is 34.8 Å². The van der Waals surface area contributed by atoms with Crippen molar-refractivity contribution in [2.75, 3.05) is 25.0 Å². The smallest absolute Gasteiger partial charge is 0.324 e. The summed E-state index contributed by atoms with van der Waals surface area (Å²) in [5, 5.41) is 3.19. The second-order valence-electron chi connectivity index (χ2n) is 5.01. The van der Waals surface area contributed by atoms with E-state index in [2.05, 4.69) is 5.32 Å². The molecule has 9 heteroatoms. The average Bonchev–Trinajstić information content (AvgIpc) is 2.44. The summed E-state index contributed by atoms with van der Waals surface area (Å²) in [6.07, 6.45) is -4.11. The third kappa shape index (κ3) is 5.01. The van der Waals surface area contributed by atoms with Crippen molar-refractivity contribution in [3.63, 3.8) is 0 Å². The topological polar surface area (TPSA) is 32.3 Å². The fourth-order valence-corrected chi connectivity index (χ4v) is 2.72. The zero-order valence-corrected chi connectivity index (χ0v) is 14.0. The number of alkyl halides is 3. The minimum Gasteiger partial charge on any atom is -0.324 e. The standard InChI is InChI=1S/C14H12Cl3F3N2O/c15-8-1-2-12(9(5-8)14(18,19)20)21-13(23)7-22-4-3-10(16)11(17)6-22/h1-2,5H,3-4,6-7H2,(H,21,23). The Bertz CT molecular complexity index is 647. The van der Waals surface area contributed by atoms with Crippen LogP contribution in [-0.4, -0.2) is 30.4 Å². The fourth-order valence-electron chi connectivity index (χ4n) is 2.14. The average molecular weight is 388 g/mol. The van der Waals surface area contributed by atoms with Gasteiger partial charge in [0.1, 0.15) is 0 Å². The van der Waals surface area contributed by atoms with Crippen LogP contribution in [0.1, 0.15) is 12.0 Å². The molecule has 0 radical (unpaired) electrons. The van der Waals surface area contributed by atoms with Crippen LogP contribution in [-0.2, 0) is 11.0 Å². The predicted octanol–water partition coefficient (Wildman–Crippen LogP) is 4.69. The molecule has 1 aromatic carbocycles. The van der Waals surface area contributed by atoms with Gasteiger partial charge in [0.15, 0.2) is 0 Å². The molecular formula is C14H12Cl3F3N2O. The zero-order chi connectivity index (χ0) is 17.2. The Morgan fingerprint density at radius 1 is 1.22 bits per heavy atom. The number of nitrogens with zero attached hydrogens (tertiary/aromatic N) is 1. The first-order valence-electron chi connectivity index (χ1n) is 6.59.